The number of para-hydroxylation sites is 2. The zero-order valence-corrected chi connectivity index (χ0v) is 21.4. The Labute approximate surface area is 222 Å². The van der Waals surface area contributed by atoms with E-state index in [4.69, 9.17) is 31.3 Å². The highest BCUT2D eigenvalue weighted by molar-refractivity contribution is 6.30. The molecule has 6 rings (SSSR count). The molecule has 0 aliphatic carbocycles. The van der Waals surface area contributed by atoms with Crippen LogP contribution in [0.5, 0.6) is 0 Å². The lowest BCUT2D eigenvalue weighted by Crippen LogP contribution is -2.24. The molecule has 0 radical (unpaired) electrons. The highest BCUT2D eigenvalue weighted by atomic mass is 35.5. The van der Waals surface area contributed by atoms with Gasteiger partial charge in [0.2, 0.25) is 0 Å². The molecule has 9 heteroatoms. The second kappa shape index (κ2) is 9.39. The zero-order chi connectivity index (χ0) is 26.4. The first-order valence-corrected chi connectivity index (χ1v) is 12.5. The van der Waals surface area contributed by atoms with Gasteiger partial charge in [-0.2, -0.15) is 0 Å². The summed E-state index contributed by atoms with van der Waals surface area (Å²) >= 11 is 6.05. The number of nitrogens with zero attached hydrogens (tertiary/aromatic N) is 5. The molecule has 3 aromatic carbocycles. The lowest BCUT2D eigenvalue weighted by Gasteiger charge is -2.11. The molecule has 0 saturated carbocycles. The standard InChI is InChI=1S/C29H22ClN5O3/c1-3-38-29(37)19-10-14-21(15-11-19)35-26-24(25-27(35)33-23-7-5-4-6-22(23)32-25)28(36)34(17(2)31-26)16-18-8-12-20(30)13-9-18/h4-15H,3,16H2,1-2H3. The van der Waals surface area contributed by atoms with E-state index in [0.717, 1.165) is 5.56 Å². The molecule has 38 heavy (non-hydrogen) atoms. The number of carbonyl (C=O) groups excluding carboxylic acids is 1. The maximum Gasteiger partial charge on any atom is 0.338 e. The molecule has 6 aromatic rings. The molecule has 0 fully saturated rings. The highest BCUT2D eigenvalue weighted by Crippen LogP contribution is 2.29. The minimum Gasteiger partial charge on any atom is -0.462 e. The van der Waals surface area contributed by atoms with E-state index >= 15 is 0 Å². The molecule has 0 atom stereocenters. The maximum absolute atomic E-state index is 14.0. The first-order chi connectivity index (χ1) is 18.4. The average Bonchev–Trinajstić information content (AvgIpc) is 3.23. The van der Waals surface area contributed by atoms with E-state index in [-0.39, 0.29) is 5.56 Å². The molecule has 0 bridgehead atoms. The number of fused-ring (bicyclic) bond motifs is 4. The molecule has 3 aromatic heterocycles. The first-order valence-electron chi connectivity index (χ1n) is 12.1. The van der Waals surface area contributed by atoms with Crippen molar-refractivity contribution in [1.82, 2.24) is 24.1 Å². The Morgan fingerprint density at radius 2 is 1.58 bits per heavy atom. The van der Waals surface area contributed by atoms with Crippen LogP contribution in [-0.4, -0.2) is 36.7 Å². The minimum atomic E-state index is -0.397. The van der Waals surface area contributed by atoms with Crippen molar-refractivity contribution in [2.24, 2.45) is 0 Å². The van der Waals surface area contributed by atoms with Gasteiger partial charge in [-0.25, -0.2) is 19.7 Å². The zero-order valence-electron chi connectivity index (χ0n) is 20.7. The van der Waals surface area contributed by atoms with Crippen LogP contribution >= 0.6 is 11.6 Å². The predicted molar refractivity (Wildman–Crippen MR) is 147 cm³/mol. The molecule has 0 aliphatic rings. The van der Waals surface area contributed by atoms with Crippen molar-refractivity contribution < 1.29 is 9.53 Å². The van der Waals surface area contributed by atoms with Gasteiger partial charge in [-0.3, -0.25) is 13.9 Å². The van der Waals surface area contributed by atoms with Gasteiger partial charge < -0.3 is 4.74 Å². The molecule has 0 unspecified atom stereocenters. The van der Waals surface area contributed by atoms with Crippen molar-refractivity contribution in [3.05, 3.63) is 105 Å². The van der Waals surface area contributed by atoms with Crippen LogP contribution in [0.1, 0.15) is 28.7 Å². The van der Waals surface area contributed by atoms with E-state index in [2.05, 4.69) is 0 Å². The van der Waals surface area contributed by atoms with Crippen LogP contribution in [0.3, 0.4) is 0 Å². The van der Waals surface area contributed by atoms with Crippen LogP contribution in [0, 0.1) is 6.92 Å². The molecule has 0 saturated heterocycles. The Balaban J connectivity index is 1.62. The van der Waals surface area contributed by atoms with Gasteiger partial charge >= 0.3 is 5.97 Å². The third-order valence-corrected chi connectivity index (χ3v) is 6.70. The SMILES string of the molecule is CCOC(=O)c1ccc(-n2c3nc4ccccc4nc3c3c(=O)n(Cc4ccc(Cl)cc4)c(C)nc32)cc1. The fourth-order valence-electron chi connectivity index (χ4n) is 4.59. The Morgan fingerprint density at radius 3 is 2.26 bits per heavy atom. The van der Waals surface area contributed by atoms with E-state index in [1.807, 2.05) is 41.0 Å². The lowest BCUT2D eigenvalue weighted by molar-refractivity contribution is 0.0526. The number of hydrogen-bond donors (Lipinski definition) is 0. The largest absolute Gasteiger partial charge is 0.462 e. The van der Waals surface area contributed by atoms with Gasteiger partial charge in [-0.1, -0.05) is 35.9 Å². The van der Waals surface area contributed by atoms with Gasteiger partial charge in [0, 0.05) is 10.7 Å². The molecule has 0 spiro atoms. The molecule has 0 N–H and O–H groups in total. The molecule has 0 amide bonds. The third kappa shape index (κ3) is 3.99. The minimum absolute atomic E-state index is 0.209. The second-order valence-electron chi connectivity index (χ2n) is 8.86. The summed E-state index contributed by atoms with van der Waals surface area (Å²) in [6, 6.07) is 21.9. The fourth-order valence-corrected chi connectivity index (χ4v) is 4.72. The van der Waals surface area contributed by atoms with Crippen LogP contribution in [0.15, 0.2) is 77.6 Å². The van der Waals surface area contributed by atoms with E-state index in [0.29, 0.717) is 68.5 Å². The molecular formula is C29H22ClN5O3. The van der Waals surface area contributed by atoms with Gasteiger partial charge in [0.1, 0.15) is 16.7 Å². The number of rotatable bonds is 5. The quantitative estimate of drug-likeness (QED) is 0.278. The monoisotopic (exact) mass is 523 g/mol. The van der Waals surface area contributed by atoms with Crippen LogP contribution in [-0.2, 0) is 11.3 Å². The summed E-state index contributed by atoms with van der Waals surface area (Å²) in [6.07, 6.45) is 0. The van der Waals surface area contributed by atoms with Crippen molar-refractivity contribution in [3.8, 4) is 5.69 Å². The van der Waals surface area contributed by atoms with Crippen LogP contribution < -0.4 is 5.56 Å². The van der Waals surface area contributed by atoms with Crippen LogP contribution in [0.25, 0.3) is 38.9 Å². The average molecular weight is 524 g/mol. The summed E-state index contributed by atoms with van der Waals surface area (Å²) < 4.78 is 8.57. The van der Waals surface area contributed by atoms with Crippen LogP contribution in [0.4, 0.5) is 0 Å². The predicted octanol–water partition coefficient (Wildman–Crippen LogP) is 5.47. The van der Waals surface area contributed by atoms with E-state index in [9.17, 15) is 9.59 Å². The molecule has 3 heterocycles. The number of benzene rings is 3. The third-order valence-electron chi connectivity index (χ3n) is 6.44. The van der Waals surface area contributed by atoms with Crippen molar-refractivity contribution in [2.45, 2.75) is 20.4 Å². The molecular weight excluding hydrogens is 502 g/mol. The van der Waals surface area contributed by atoms with E-state index in [1.54, 1.807) is 54.8 Å². The molecule has 8 nitrogen and oxygen atoms in total. The summed E-state index contributed by atoms with van der Waals surface area (Å²) in [5.74, 6) is 0.153. The summed E-state index contributed by atoms with van der Waals surface area (Å²) in [6.45, 7) is 4.20. The van der Waals surface area contributed by atoms with Gasteiger partial charge in [-0.05, 0) is 67.9 Å². The number of carbonyl (C=O) groups is 1. The molecule has 188 valence electrons. The maximum atomic E-state index is 14.0. The van der Waals surface area contributed by atoms with E-state index in [1.165, 1.54) is 0 Å². The summed E-state index contributed by atoms with van der Waals surface area (Å²) in [7, 11) is 0. The Morgan fingerprint density at radius 1 is 0.895 bits per heavy atom. The lowest BCUT2D eigenvalue weighted by atomic mass is 10.2. The van der Waals surface area contributed by atoms with Gasteiger partial charge in [0.05, 0.1) is 29.7 Å². The van der Waals surface area contributed by atoms with Crippen molar-refractivity contribution in [3.63, 3.8) is 0 Å². The topological polar surface area (TPSA) is 91.9 Å². The first kappa shape index (κ1) is 23.8. The van der Waals surface area contributed by atoms with E-state index < -0.39 is 5.97 Å². The number of ether oxygens (including phenoxy) is 1. The fraction of sp³-hybridized carbons (Fsp3) is 0.138. The van der Waals surface area contributed by atoms with Crippen molar-refractivity contribution >= 4 is 50.8 Å². The summed E-state index contributed by atoms with van der Waals surface area (Å²) in [4.78, 5) is 40.8. The number of aromatic nitrogens is 5. The van der Waals surface area contributed by atoms with Gasteiger partial charge in [0.15, 0.2) is 11.3 Å². The Bertz CT molecular complexity index is 1910. The molecule has 0 aliphatic heterocycles. The normalized spacial score (nSPS) is 11.4. The second-order valence-corrected chi connectivity index (χ2v) is 9.30. The Kier molecular flexibility index (Phi) is 5.88. The highest BCUT2D eigenvalue weighted by Gasteiger charge is 2.22. The van der Waals surface area contributed by atoms with Crippen molar-refractivity contribution in [2.75, 3.05) is 6.61 Å². The summed E-state index contributed by atoms with van der Waals surface area (Å²) in [5.41, 5.74) is 4.66. The Hall–Kier alpha value is -4.56. The van der Waals surface area contributed by atoms with Crippen molar-refractivity contribution in [1.29, 1.82) is 0 Å². The number of esters is 1. The number of hydrogen-bond acceptors (Lipinski definition) is 6. The summed E-state index contributed by atoms with van der Waals surface area (Å²) in [5, 5.41) is 1.01. The number of halogens is 1. The van der Waals surface area contributed by atoms with Gasteiger partial charge in [0.25, 0.3) is 5.56 Å². The smallest absolute Gasteiger partial charge is 0.338 e. The number of aryl methyl sites for hydroxylation is 1. The van der Waals surface area contributed by atoms with Gasteiger partial charge in [-0.15, -0.1) is 0 Å². The van der Waals surface area contributed by atoms with Crippen LogP contribution in [0.2, 0.25) is 5.02 Å².